The Morgan fingerprint density at radius 3 is 1.36 bits per heavy atom. The van der Waals surface area contributed by atoms with Crippen molar-refractivity contribution in [1.29, 1.82) is 0 Å². The van der Waals surface area contributed by atoms with Gasteiger partial charge in [0, 0.05) is 11.1 Å². The van der Waals surface area contributed by atoms with Crippen LogP contribution in [-0.4, -0.2) is 12.6 Å². The molecule has 28 heavy (non-hydrogen) atoms. The zero-order chi connectivity index (χ0) is 20.3. The summed E-state index contributed by atoms with van der Waals surface area (Å²) in [6, 6.07) is 15.8. The maximum atomic E-state index is 11.4. The Morgan fingerprint density at radius 1 is 0.679 bits per heavy atom. The number of hydrogen-bond acceptors (Lipinski definition) is 2. The molecule has 3 rings (SSSR count). The standard InChI is InChI=1S/C24H20Cl2O2/c1-15-7-19(21(13-27)23(25)9-15)11-17-3-5-18(6-4-17)12-20-8-16(2)10-24(26)22(20)14-28/h3-10,13-14H,11-12H2,1-2H3. The van der Waals surface area contributed by atoms with Gasteiger partial charge in [0.2, 0.25) is 0 Å². The highest BCUT2D eigenvalue weighted by atomic mass is 35.5. The first-order valence-electron chi connectivity index (χ1n) is 8.97. The lowest BCUT2D eigenvalue weighted by Gasteiger charge is -2.11. The van der Waals surface area contributed by atoms with Crippen LogP contribution in [0.2, 0.25) is 10.0 Å². The zero-order valence-corrected chi connectivity index (χ0v) is 17.3. The summed E-state index contributed by atoms with van der Waals surface area (Å²) >= 11 is 12.4. The smallest absolute Gasteiger partial charge is 0.151 e. The Morgan fingerprint density at radius 2 is 1.04 bits per heavy atom. The molecule has 0 fully saturated rings. The van der Waals surface area contributed by atoms with Crippen LogP contribution in [0.25, 0.3) is 0 Å². The molecule has 0 unspecified atom stereocenters. The molecule has 0 spiro atoms. The average molecular weight is 411 g/mol. The van der Waals surface area contributed by atoms with E-state index in [1.807, 2.05) is 50.2 Å². The SMILES string of the molecule is Cc1cc(Cl)c(C=O)c(Cc2ccc(Cc3cc(C)cc(Cl)c3C=O)cc2)c1. The summed E-state index contributed by atoms with van der Waals surface area (Å²) in [6.07, 6.45) is 2.89. The van der Waals surface area contributed by atoms with Gasteiger partial charge in [0.05, 0.1) is 10.0 Å². The highest BCUT2D eigenvalue weighted by molar-refractivity contribution is 6.33. The predicted molar refractivity (Wildman–Crippen MR) is 115 cm³/mol. The lowest BCUT2D eigenvalue weighted by atomic mass is 9.95. The maximum Gasteiger partial charge on any atom is 0.151 e. The molecule has 0 bridgehead atoms. The molecule has 0 N–H and O–H groups in total. The molecule has 0 saturated carbocycles. The topological polar surface area (TPSA) is 34.1 Å². The van der Waals surface area contributed by atoms with Gasteiger partial charge in [-0.25, -0.2) is 0 Å². The fourth-order valence-corrected chi connectivity index (χ4v) is 4.10. The molecule has 3 aromatic carbocycles. The van der Waals surface area contributed by atoms with Gasteiger partial charge in [0.15, 0.2) is 12.6 Å². The Balaban J connectivity index is 1.84. The van der Waals surface area contributed by atoms with E-state index in [0.717, 1.165) is 46.0 Å². The molecule has 0 saturated heterocycles. The third-order valence-corrected chi connectivity index (χ3v) is 5.39. The quantitative estimate of drug-likeness (QED) is 0.439. The van der Waals surface area contributed by atoms with Gasteiger partial charge >= 0.3 is 0 Å². The fourth-order valence-electron chi connectivity index (χ4n) is 3.42. The summed E-state index contributed by atoms with van der Waals surface area (Å²) in [5.74, 6) is 0. The van der Waals surface area contributed by atoms with Crippen LogP contribution in [0.4, 0.5) is 0 Å². The van der Waals surface area contributed by atoms with E-state index >= 15 is 0 Å². The van der Waals surface area contributed by atoms with Crippen molar-refractivity contribution in [1.82, 2.24) is 0 Å². The summed E-state index contributed by atoms with van der Waals surface area (Å²) in [6.45, 7) is 3.93. The maximum absolute atomic E-state index is 11.4. The number of rotatable bonds is 6. The number of aryl methyl sites for hydroxylation is 2. The zero-order valence-electron chi connectivity index (χ0n) is 15.8. The van der Waals surface area contributed by atoms with Gasteiger partial charge in [-0.3, -0.25) is 9.59 Å². The van der Waals surface area contributed by atoms with Gasteiger partial charge in [0.1, 0.15) is 0 Å². The van der Waals surface area contributed by atoms with Crippen molar-refractivity contribution in [2.75, 3.05) is 0 Å². The van der Waals surface area contributed by atoms with Crippen LogP contribution in [0.3, 0.4) is 0 Å². The van der Waals surface area contributed by atoms with E-state index in [-0.39, 0.29) is 0 Å². The molecule has 3 aromatic rings. The Hall–Kier alpha value is -2.42. The molecular weight excluding hydrogens is 391 g/mol. The summed E-state index contributed by atoms with van der Waals surface area (Å²) in [5.41, 5.74) is 7.16. The Bertz CT molecular complexity index is 953. The van der Waals surface area contributed by atoms with Crippen molar-refractivity contribution in [2.45, 2.75) is 26.7 Å². The summed E-state index contributed by atoms with van der Waals surface area (Å²) < 4.78 is 0. The second-order valence-electron chi connectivity index (χ2n) is 7.04. The van der Waals surface area contributed by atoms with Crippen LogP contribution in [0.1, 0.15) is 54.1 Å². The number of carbonyl (C=O) groups excluding carboxylic acids is 2. The van der Waals surface area contributed by atoms with Crippen LogP contribution >= 0.6 is 23.2 Å². The molecule has 0 aromatic heterocycles. The minimum Gasteiger partial charge on any atom is -0.298 e. The molecule has 0 amide bonds. The van der Waals surface area contributed by atoms with Crippen molar-refractivity contribution in [3.05, 3.63) is 103 Å². The fraction of sp³-hybridized carbons (Fsp3) is 0.167. The number of aldehydes is 2. The lowest BCUT2D eigenvalue weighted by Crippen LogP contribution is -1.99. The Kier molecular flexibility index (Phi) is 6.33. The van der Waals surface area contributed by atoms with Crippen molar-refractivity contribution < 1.29 is 9.59 Å². The summed E-state index contributed by atoms with van der Waals surface area (Å²) in [5, 5.41) is 0.971. The second-order valence-corrected chi connectivity index (χ2v) is 7.86. The largest absolute Gasteiger partial charge is 0.298 e. The van der Waals surface area contributed by atoms with Crippen LogP contribution in [0.15, 0.2) is 48.5 Å². The van der Waals surface area contributed by atoms with Gasteiger partial charge in [-0.1, -0.05) is 59.6 Å². The van der Waals surface area contributed by atoms with Crippen molar-refractivity contribution >= 4 is 35.8 Å². The average Bonchev–Trinajstić information content (AvgIpc) is 2.63. The van der Waals surface area contributed by atoms with Crippen molar-refractivity contribution in [2.24, 2.45) is 0 Å². The first-order chi connectivity index (χ1) is 13.4. The minimum absolute atomic E-state index is 0.485. The van der Waals surface area contributed by atoms with Crippen molar-refractivity contribution in [3.8, 4) is 0 Å². The van der Waals surface area contributed by atoms with Gasteiger partial charge in [-0.15, -0.1) is 0 Å². The number of halogens is 2. The normalized spacial score (nSPS) is 10.7. The van der Waals surface area contributed by atoms with Crippen LogP contribution in [-0.2, 0) is 12.8 Å². The van der Waals surface area contributed by atoms with E-state index in [1.54, 1.807) is 12.1 Å². The molecule has 0 aliphatic heterocycles. The third-order valence-electron chi connectivity index (χ3n) is 4.77. The van der Waals surface area contributed by atoms with Gasteiger partial charge < -0.3 is 0 Å². The number of benzene rings is 3. The van der Waals surface area contributed by atoms with E-state index in [2.05, 4.69) is 0 Å². The van der Waals surface area contributed by atoms with E-state index < -0.39 is 0 Å². The van der Waals surface area contributed by atoms with Crippen LogP contribution in [0, 0.1) is 13.8 Å². The van der Waals surface area contributed by atoms with Gasteiger partial charge in [-0.2, -0.15) is 0 Å². The van der Waals surface area contributed by atoms with E-state index in [0.29, 0.717) is 34.0 Å². The highest BCUT2D eigenvalue weighted by Crippen LogP contribution is 2.25. The molecule has 142 valence electrons. The number of hydrogen-bond donors (Lipinski definition) is 0. The predicted octanol–water partition coefficient (Wildman–Crippen LogP) is 6.42. The second kappa shape index (κ2) is 8.72. The molecule has 0 aliphatic rings. The number of carbonyl (C=O) groups is 2. The van der Waals surface area contributed by atoms with Crippen LogP contribution < -0.4 is 0 Å². The lowest BCUT2D eigenvalue weighted by molar-refractivity contribution is 0.111. The molecule has 0 atom stereocenters. The minimum atomic E-state index is 0.485. The summed E-state index contributed by atoms with van der Waals surface area (Å²) in [7, 11) is 0. The van der Waals surface area contributed by atoms with Crippen LogP contribution in [0.5, 0.6) is 0 Å². The third kappa shape index (κ3) is 4.52. The van der Waals surface area contributed by atoms with Gasteiger partial charge in [0.25, 0.3) is 0 Å². The van der Waals surface area contributed by atoms with Crippen molar-refractivity contribution in [3.63, 3.8) is 0 Å². The molecule has 2 nitrogen and oxygen atoms in total. The molecule has 0 radical (unpaired) electrons. The molecular formula is C24H20Cl2O2. The Labute approximate surface area is 175 Å². The van der Waals surface area contributed by atoms with E-state index in [4.69, 9.17) is 23.2 Å². The molecule has 0 heterocycles. The highest BCUT2D eigenvalue weighted by Gasteiger charge is 2.11. The molecule has 0 aliphatic carbocycles. The van der Waals surface area contributed by atoms with E-state index in [1.165, 1.54) is 0 Å². The first-order valence-corrected chi connectivity index (χ1v) is 9.73. The molecule has 4 heteroatoms. The van der Waals surface area contributed by atoms with Gasteiger partial charge in [-0.05, 0) is 72.2 Å². The summed E-state index contributed by atoms with van der Waals surface area (Å²) in [4.78, 5) is 22.8. The van der Waals surface area contributed by atoms with E-state index in [9.17, 15) is 9.59 Å². The first kappa shape index (κ1) is 20.3. The monoisotopic (exact) mass is 410 g/mol.